The molecule has 0 aromatic rings. The Labute approximate surface area is 92.9 Å². The average Bonchev–Trinajstić information content (AvgIpc) is 2.66. The lowest BCUT2D eigenvalue weighted by molar-refractivity contribution is 0.153. The second-order valence-electron chi connectivity index (χ2n) is 4.94. The van der Waals surface area contributed by atoms with Crippen molar-refractivity contribution in [3.05, 3.63) is 0 Å². The highest BCUT2D eigenvalue weighted by molar-refractivity contribution is 5.80. The zero-order valence-corrected chi connectivity index (χ0v) is 9.84. The molecule has 2 aliphatic heterocycles. The first-order chi connectivity index (χ1) is 7.27. The summed E-state index contributed by atoms with van der Waals surface area (Å²) in [4.78, 5) is 4.86. The maximum Gasteiger partial charge on any atom is 0.0958 e. The quantitative estimate of drug-likeness (QED) is 0.770. The van der Waals surface area contributed by atoms with Gasteiger partial charge in [0.25, 0.3) is 0 Å². The minimum Gasteiger partial charge on any atom is -0.359 e. The van der Waals surface area contributed by atoms with Gasteiger partial charge in [0.1, 0.15) is 0 Å². The van der Waals surface area contributed by atoms with Crippen molar-refractivity contribution in [2.75, 3.05) is 26.2 Å². The predicted octanol–water partition coefficient (Wildman–Crippen LogP) is 1.93. The van der Waals surface area contributed by atoms with Crippen LogP contribution in [0.15, 0.2) is 0 Å². The Kier molecular flexibility index (Phi) is 3.62. The average molecular weight is 209 g/mol. The van der Waals surface area contributed by atoms with E-state index < -0.39 is 0 Å². The van der Waals surface area contributed by atoms with Crippen LogP contribution in [0.3, 0.4) is 0 Å². The highest BCUT2D eigenvalue weighted by Crippen LogP contribution is 2.16. The van der Waals surface area contributed by atoms with E-state index in [1.54, 1.807) is 0 Å². The zero-order chi connectivity index (χ0) is 10.7. The van der Waals surface area contributed by atoms with Crippen LogP contribution in [0.5, 0.6) is 0 Å². The molecule has 3 nitrogen and oxygen atoms in total. The summed E-state index contributed by atoms with van der Waals surface area (Å²) in [5.74, 6) is 0.860. The molecule has 0 saturated carbocycles. The Morgan fingerprint density at radius 3 is 2.47 bits per heavy atom. The van der Waals surface area contributed by atoms with Gasteiger partial charge in [-0.05, 0) is 39.3 Å². The third-order valence-corrected chi connectivity index (χ3v) is 3.72. The molecule has 0 spiro atoms. The van der Waals surface area contributed by atoms with Gasteiger partial charge in [-0.2, -0.15) is 0 Å². The van der Waals surface area contributed by atoms with Gasteiger partial charge in [0.05, 0.1) is 5.84 Å². The molecule has 3 heteroatoms. The molecule has 2 heterocycles. The number of nitrogens with zero attached hydrogens (tertiary/aromatic N) is 2. The lowest BCUT2D eigenvalue weighted by atomic mass is 10.1. The Morgan fingerprint density at radius 2 is 1.87 bits per heavy atom. The van der Waals surface area contributed by atoms with Crippen LogP contribution < -0.4 is 0 Å². The Hall–Kier alpha value is -0.570. The molecule has 2 rings (SSSR count). The van der Waals surface area contributed by atoms with Crippen LogP contribution in [0.2, 0.25) is 0 Å². The molecule has 1 atom stereocenters. The van der Waals surface area contributed by atoms with Crippen molar-refractivity contribution in [3.63, 3.8) is 0 Å². The van der Waals surface area contributed by atoms with E-state index in [1.165, 1.54) is 38.8 Å². The number of hydrogen-bond donors (Lipinski definition) is 1. The zero-order valence-electron chi connectivity index (χ0n) is 9.84. The fourth-order valence-electron chi connectivity index (χ4n) is 2.73. The van der Waals surface area contributed by atoms with Gasteiger partial charge in [0.2, 0.25) is 0 Å². The topological polar surface area (TPSA) is 30.3 Å². The van der Waals surface area contributed by atoms with Crippen LogP contribution >= 0.6 is 0 Å². The Morgan fingerprint density at radius 1 is 1.13 bits per heavy atom. The molecule has 0 aromatic heterocycles. The van der Waals surface area contributed by atoms with Crippen LogP contribution in [0, 0.1) is 5.41 Å². The summed E-state index contributed by atoms with van der Waals surface area (Å²) in [6.07, 6.45) is 6.31. The van der Waals surface area contributed by atoms with E-state index in [-0.39, 0.29) is 0 Å². The van der Waals surface area contributed by atoms with Crippen LogP contribution in [0.1, 0.15) is 39.0 Å². The predicted molar refractivity (Wildman–Crippen MR) is 63.4 cm³/mol. The van der Waals surface area contributed by atoms with Crippen molar-refractivity contribution in [1.29, 1.82) is 5.41 Å². The Bertz CT molecular complexity index is 221. The van der Waals surface area contributed by atoms with Crippen molar-refractivity contribution in [2.45, 2.75) is 45.1 Å². The molecule has 15 heavy (non-hydrogen) atoms. The lowest BCUT2D eigenvalue weighted by Crippen LogP contribution is -2.44. The number of likely N-dealkylation sites (tertiary alicyclic amines) is 2. The molecular weight excluding hydrogens is 186 g/mol. The SMILES string of the molecule is CC(CN1CCCC1=N)N1CCCCC1. The normalized spacial score (nSPS) is 25.9. The third kappa shape index (κ3) is 2.71. The molecule has 0 bridgehead atoms. The monoisotopic (exact) mass is 209 g/mol. The van der Waals surface area contributed by atoms with Gasteiger partial charge in [-0.1, -0.05) is 6.42 Å². The van der Waals surface area contributed by atoms with Crippen LogP contribution in [-0.4, -0.2) is 47.9 Å². The maximum absolute atomic E-state index is 7.82. The second-order valence-corrected chi connectivity index (χ2v) is 4.94. The maximum atomic E-state index is 7.82. The van der Waals surface area contributed by atoms with E-state index in [9.17, 15) is 0 Å². The van der Waals surface area contributed by atoms with Gasteiger partial charge >= 0.3 is 0 Å². The smallest absolute Gasteiger partial charge is 0.0958 e. The summed E-state index contributed by atoms with van der Waals surface area (Å²) >= 11 is 0. The van der Waals surface area contributed by atoms with Crippen molar-refractivity contribution in [3.8, 4) is 0 Å². The molecule has 2 saturated heterocycles. The standard InChI is InChI=1S/C12H23N3/c1-11(14-7-3-2-4-8-14)10-15-9-5-6-12(15)13/h11,13H,2-10H2,1H3. The number of nitrogens with one attached hydrogen (secondary N) is 1. The molecule has 0 amide bonds. The lowest BCUT2D eigenvalue weighted by Gasteiger charge is -2.35. The first-order valence-corrected chi connectivity index (χ1v) is 6.34. The van der Waals surface area contributed by atoms with Crippen LogP contribution in [-0.2, 0) is 0 Å². The van der Waals surface area contributed by atoms with Gasteiger partial charge in [0.15, 0.2) is 0 Å². The molecule has 2 fully saturated rings. The number of hydrogen-bond acceptors (Lipinski definition) is 2. The van der Waals surface area contributed by atoms with Crippen molar-refractivity contribution < 1.29 is 0 Å². The minimum absolute atomic E-state index is 0.628. The van der Waals surface area contributed by atoms with Gasteiger partial charge in [-0.3, -0.25) is 10.3 Å². The summed E-state index contributed by atoms with van der Waals surface area (Å²) in [6.45, 7) is 7.03. The Balaban J connectivity index is 1.79. The van der Waals surface area contributed by atoms with Crippen molar-refractivity contribution in [2.24, 2.45) is 0 Å². The summed E-state index contributed by atoms with van der Waals surface area (Å²) in [7, 11) is 0. The number of piperidine rings is 1. The largest absolute Gasteiger partial charge is 0.359 e. The van der Waals surface area contributed by atoms with E-state index in [2.05, 4.69) is 16.7 Å². The minimum atomic E-state index is 0.628. The first-order valence-electron chi connectivity index (χ1n) is 6.34. The van der Waals surface area contributed by atoms with Crippen molar-refractivity contribution in [1.82, 2.24) is 9.80 Å². The van der Waals surface area contributed by atoms with Gasteiger partial charge in [-0.25, -0.2) is 0 Å². The summed E-state index contributed by atoms with van der Waals surface area (Å²) in [6, 6.07) is 0.628. The summed E-state index contributed by atoms with van der Waals surface area (Å²) in [5, 5.41) is 7.82. The fourth-order valence-corrected chi connectivity index (χ4v) is 2.73. The van der Waals surface area contributed by atoms with E-state index >= 15 is 0 Å². The first kappa shape index (κ1) is 10.9. The van der Waals surface area contributed by atoms with Crippen molar-refractivity contribution >= 4 is 5.84 Å². The molecule has 86 valence electrons. The molecule has 0 aromatic carbocycles. The molecular formula is C12H23N3. The number of amidine groups is 1. The highest BCUT2D eigenvalue weighted by Gasteiger charge is 2.22. The van der Waals surface area contributed by atoms with Gasteiger partial charge in [-0.15, -0.1) is 0 Å². The molecule has 0 radical (unpaired) electrons. The van der Waals surface area contributed by atoms with E-state index in [0.29, 0.717) is 6.04 Å². The molecule has 1 unspecified atom stereocenters. The second kappa shape index (κ2) is 4.97. The molecule has 2 aliphatic rings. The summed E-state index contributed by atoms with van der Waals surface area (Å²) in [5.41, 5.74) is 0. The van der Waals surface area contributed by atoms with E-state index in [4.69, 9.17) is 5.41 Å². The van der Waals surface area contributed by atoms with Gasteiger partial charge < -0.3 is 4.90 Å². The summed E-state index contributed by atoms with van der Waals surface area (Å²) < 4.78 is 0. The van der Waals surface area contributed by atoms with Crippen LogP contribution in [0.4, 0.5) is 0 Å². The van der Waals surface area contributed by atoms with E-state index in [0.717, 1.165) is 25.3 Å². The van der Waals surface area contributed by atoms with Crippen LogP contribution in [0.25, 0.3) is 0 Å². The number of rotatable bonds is 3. The third-order valence-electron chi connectivity index (χ3n) is 3.72. The molecule has 1 N–H and O–H groups in total. The van der Waals surface area contributed by atoms with Gasteiger partial charge in [0, 0.05) is 25.6 Å². The fraction of sp³-hybridized carbons (Fsp3) is 0.917. The van der Waals surface area contributed by atoms with E-state index in [1.807, 2.05) is 0 Å². The highest BCUT2D eigenvalue weighted by atomic mass is 15.2. The molecule has 0 aliphatic carbocycles.